The maximum atomic E-state index is 12.8. The van der Waals surface area contributed by atoms with Gasteiger partial charge in [0, 0.05) is 20.1 Å². The van der Waals surface area contributed by atoms with E-state index in [-0.39, 0.29) is 12.1 Å². The standard InChI is InChI=1S/C19H27N3O3/c1-13(2)10-17(22-8-4-5-9-22)21(3)18(23)12-14-6-7-16-15(11-14)20-19(24)25-16/h6-7,11,13,17H,4-5,8-10,12H2,1-3H3,(H,20,24). The number of carbonyl (C=O) groups is 1. The Hall–Kier alpha value is -2.08. The van der Waals surface area contributed by atoms with Crippen molar-refractivity contribution in [3.8, 4) is 0 Å². The van der Waals surface area contributed by atoms with E-state index in [0.717, 1.165) is 25.1 Å². The van der Waals surface area contributed by atoms with Crippen molar-refractivity contribution in [3.63, 3.8) is 0 Å². The molecule has 1 aromatic carbocycles. The van der Waals surface area contributed by atoms with E-state index >= 15 is 0 Å². The van der Waals surface area contributed by atoms with E-state index < -0.39 is 5.76 Å². The normalized spacial score (nSPS) is 16.6. The van der Waals surface area contributed by atoms with Gasteiger partial charge in [-0.15, -0.1) is 0 Å². The van der Waals surface area contributed by atoms with Gasteiger partial charge in [-0.25, -0.2) is 4.79 Å². The lowest BCUT2D eigenvalue weighted by atomic mass is 10.1. The van der Waals surface area contributed by atoms with E-state index in [0.29, 0.717) is 23.4 Å². The molecule has 1 N–H and O–H groups in total. The van der Waals surface area contributed by atoms with Crippen LogP contribution in [0.3, 0.4) is 0 Å². The number of nitrogens with one attached hydrogen (secondary N) is 1. The highest BCUT2D eigenvalue weighted by Crippen LogP contribution is 2.21. The Morgan fingerprint density at radius 3 is 2.72 bits per heavy atom. The topological polar surface area (TPSA) is 69.5 Å². The number of carbonyl (C=O) groups excluding carboxylic acids is 1. The predicted octanol–water partition coefficient (Wildman–Crippen LogP) is 2.59. The van der Waals surface area contributed by atoms with Gasteiger partial charge in [-0.05, 0) is 42.9 Å². The fourth-order valence-corrected chi connectivity index (χ4v) is 3.59. The summed E-state index contributed by atoms with van der Waals surface area (Å²) in [6, 6.07) is 5.40. The van der Waals surface area contributed by atoms with Crippen molar-refractivity contribution in [2.45, 2.75) is 45.7 Å². The van der Waals surface area contributed by atoms with Gasteiger partial charge in [0.05, 0.1) is 18.1 Å². The van der Waals surface area contributed by atoms with E-state index in [4.69, 9.17) is 4.42 Å². The molecule has 0 spiro atoms. The van der Waals surface area contributed by atoms with Crippen molar-refractivity contribution in [2.24, 2.45) is 5.92 Å². The van der Waals surface area contributed by atoms with Crippen LogP contribution in [0, 0.1) is 5.92 Å². The van der Waals surface area contributed by atoms with E-state index in [1.165, 1.54) is 12.8 Å². The van der Waals surface area contributed by atoms with Gasteiger partial charge in [0.1, 0.15) is 0 Å². The van der Waals surface area contributed by atoms with Crippen LogP contribution in [0.25, 0.3) is 11.1 Å². The lowest BCUT2D eigenvalue weighted by molar-refractivity contribution is -0.135. The van der Waals surface area contributed by atoms with Crippen molar-refractivity contribution in [1.82, 2.24) is 14.8 Å². The summed E-state index contributed by atoms with van der Waals surface area (Å²) >= 11 is 0. The predicted molar refractivity (Wildman–Crippen MR) is 97.4 cm³/mol. The Balaban J connectivity index is 1.73. The van der Waals surface area contributed by atoms with Crippen molar-refractivity contribution in [2.75, 3.05) is 20.1 Å². The van der Waals surface area contributed by atoms with Gasteiger partial charge in [0.2, 0.25) is 5.91 Å². The van der Waals surface area contributed by atoms with Gasteiger partial charge in [-0.1, -0.05) is 19.9 Å². The molecule has 6 heteroatoms. The molecule has 0 bridgehead atoms. The molecule has 3 rings (SSSR count). The quantitative estimate of drug-likeness (QED) is 0.874. The van der Waals surface area contributed by atoms with Crippen LogP contribution in [0.15, 0.2) is 27.4 Å². The molecule has 1 atom stereocenters. The van der Waals surface area contributed by atoms with E-state index in [9.17, 15) is 9.59 Å². The monoisotopic (exact) mass is 345 g/mol. The Morgan fingerprint density at radius 1 is 1.32 bits per heavy atom. The smallest absolute Gasteiger partial charge is 0.408 e. The molecule has 1 saturated heterocycles. The van der Waals surface area contributed by atoms with Crippen LogP contribution in [0.1, 0.15) is 38.7 Å². The number of aromatic amines is 1. The van der Waals surface area contributed by atoms with Crippen molar-refractivity contribution in [3.05, 3.63) is 34.3 Å². The maximum Gasteiger partial charge on any atom is 0.417 e. The fraction of sp³-hybridized carbons (Fsp3) is 0.579. The van der Waals surface area contributed by atoms with Gasteiger partial charge in [-0.2, -0.15) is 0 Å². The molecule has 0 aliphatic carbocycles. The highest BCUT2D eigenvalue weighted by Gasteiger charge is 2.28. The molecule has 2 heterocycles. The number of fused-ring (bicyclic) bond motifs is 1. The first kappa shape index (κ1) is 17.7. The van der Waals surface area contributed by atoms with Gasteiger partial charge in [0.25, 0.3) is 0 Å². The zero-order valence-electron chi connectivity index (χ0n) is 15.2. The number of likely N-dealkylation sites (N-methyl/N-ethyl adjacent to an activating group) is 1. The van der Waals surface area contributed by atoms with Gasteiger partial charge in [-0.3, -0.25) is 14.7 Å². The van der Waals surface area contributed by atoms with Crippen LogP contribution < -0.4 is 5.76 Å². The third-order valence-electron chi connectivity index (χ3n) is 4.92. The van der Waals surface area contributed by atoms with Crippen molar-refractivity contribution < 1.29 is 9.21 Å². The van der Waals surface area contributed by atoms with Crippen LogP contribution in [0.5, 0.6) is 0 Å². The number of rotatable bonds is 6. The largest absolute Gasteiger partial charge is 0.417 e. The SMILES string of the molecule is CC(C)CC(N1CCCC1)N(C)C(=O)Cc1ccc2oc(=O)[nH]c2c1. The molecule has 1 unspecified atom stereocenters. The summed E-state index contributed by atoms with van der Waals surface area (Å²) in [6.45, 7) is 6.53. The van der Waals surface area contributed by atoms with Crippen molar-refractivity contribution >= 4 is 17.0 Å². The van der Waals surface area contributed by atoms with Crippen LogP contribution in [0.2, 0.25) is 0 Å². The molecule has 25 heavy (non-hydrogen) atoms. The van der Waals surface area contributed by atoms with Crippen LogP contribution in [0.4, 0.5) is 0 Å². The van der Waals surface area contributed by atoms with Gasteiger partial charge in [0.15, 0.2) is 5.58 Å². The molecule has 1 amide bonds. The summed E-state index contributed by atoms with van der Waals surface area (Å²) in [5.41, 5.74) is 2.03. The number of hydrogen-bond donors (Lipinski definition) is 1. The summed E-state index contributed by atoms with van der Waals surface area (Å²) in [6.07, 6.45) is 3.88. The Bertz CT molecular complexity index is 787. The number of hydrogen-bond acceptors (Lipinski definition) is 4. The zero-order chi connectivity index (χ0) is 18.0. The number of H-pyrrole nitrogens is 1. The second-order valence-electron chi connectivity index (χ2n) is 7.38. The molecule has 6 nitrogen and oxygen atoms in total. The molecular formula is C19H27N3O3. The molecule has 0 saturated carbocycles. The zero-order valence-corrected chi connectivity index (χ0v) is 15.2. The average Bonchev–Trinajstić information content (AvgIpc) is 3.19. The minimum Gasteiger partial charge on any atom is -0.408 e. The average molecular weight is 345 g/mol. The third kappa shape index (κ3) is 4.12. The molecule has 2 aromatic rings. The van der Waals surface area contributed by atoms with E-state index in [2.05, 4.69) is 23.7 Å². The van der Waals surface area contributed by atoms with Crippen LogP contribution >= 0.6 is 0 Å². The molecular weight excluding hydrogens is 318 g/mol. The highest BCUT2D eigenvalue weighted by molar-refractivity contribution is 5.81. The Labute approximate surface area is 147 Å². The fourth-order valence-electron chi connectivity index (χ4n) is 3.59. The first-order valence-corrected chi connectivity index (χ1v) is 9.05. The third-order valence-corrected chi connectivity index (χ3v) is 4.92. The maximum absolute atomic E-state index is 12.8. The molecule has 1 aliphatic heterocycles. The minimum atomic E-state index is -0.471. The first-order chi connectivity index (χ1) is 11.9. The second-order valence-corrected chi connectivity index (χ2v) is 7.38. The van der Waals surface area contributed by atoms with Crippen molar-refractivity contribution in [1.29, 1.82) is 0 Å². The van der Waals surface area contributed by atoms with Crippen LogP contribution in [-0.4, -0.2) is 47.0 Å². The van der Waals surface area contributed by atoms with Gasteiger partial charge < -0.3 is 9.32 Å². The molecule has 0 radical (unpaired) electrons. The number of nitrogens with zero attached hydrogens (tertiary/aromatic N) is 2. The van der Waals surface area contributed by atoms with E-state index in [1.807, 2.05) is 24.1 Å². The first-order valence-electron chi connectivity index (χ1n) is 9.05. The molecule has 1 fully saturated rings. The number of likely N-dealkylation sites (tertiary alicyclic amines) is 1. The number of benzene rings is 1. The number of aromatic nitrogens is 1. The highest BCUT2D eigenvalue weighted by atomic mass is 16.4. The molecule has 1 aromatic heterocycles. The summed E-state index contributed by atoms with van der Waals surface area (Å²) in [7, 11) is 1.91. The minimum absolute atomic E-state index is 0.0998. The summed E-state index contributed by atoms with van der Waals surface area (Å²) in [4.78, 5) is 31.1. The second kappa shape index (κ2) is 7.44. The summed E-state index contributed by atoms with van der Waals surface area (Å²) < 4.78 is 5.01. The lowest BCUT2D eigenvalue weighted by Crippen LogP contribution is -2.49. The number of oxazole rings is 1. The summed E-state index contributed by atoms with van der Waals surface area (Å²) in [5.74, 6) is 0.164. The molecule has 1 aliphatic rings. The number of amides is 1. The van der Waals surface area contributed by atoms with Gasteiger partial charge >= 0.3 is 5.76 Å². The Morgan fingerprint density at radius 2 is 2.04 bits per heavy atom. The van der Waals surface area contributed by atoms with Crippen LogP contribution in [-0.2, 0) is 11.2 Å². The van der Waals surface area contributed by atoms with E-state index in [1.54, 1.807) is 6.07 Å². The lowest BCUT2D eigenvalue weighted by Gasteiger charge is -2.36. The molecule has 136 valence electrons. The Kier molecular flexibility index (Phi) is 5.27. The summed E-state index contributed by atoms with van der Waals surface area (Å²) in [5, 5.41) is 0.